The van der Waals surface area contributed by atoms with E-state index < -0.39 is 34.0 Å². The molecule has 1 fully saturated rings. The lowest BCUT2D eigenvalue weighted by Gasteiger charge is -2.27. The molecular formula is C21H24N2O5S. The highest BCUT2D eigenvalue weighted by Gasteiger charge is 2.38. The third-order valence-electron chi connectivity index (χ3n) is 4.92. The van der Waals surface area contributed by atoms with Gasteiger partial charge in [0.2, 0.25) is 15.9 Å². The number of hydrogen-bond acceptors (Lipinski definition) is 4. The van der Waals surface area contributed by atoms with Gasteiger partial charge in [-0.05, 0) is 30.4 Å². The fourth-order valence-corrected chi connectivity index (χ4v) is 4.90. The van der Waals surface area contributed by atoms with Crippen molar-refractivity contribution >= 4 is 21.9 Å². The highest BCUT2D eigenvalue weighted by molar-refractivity contribution is 7.88. The van der Waals surface area contributed by atoms with Crippen LogP contribution in [0.5, 0.6) is 0 Å². The molecule has 1 amide bonds. The maximum absolute atomic E-state index is 13.1. The summed E-state index contributed by atoms with van der Waals surface area (Å²) in [4.78, 5) is 25.9. The van der Waals surface area contributed by atoms with E-state index in [1.165, 1.54) is 4.90 Å². The van der Waals surface area contributed by atoms with Gasteiger partial charge in [0.15, 0.2) is 0 Å². The van der Waals surface area contributed by atoms with E-state index in [0.29, 0.717) is 24.9 Å². The summed E-state index contributed by atoms with van der Waals surface area (Å²) in [6.45, 7) is 0.307. The number of amides is 1. The van der Waals surface area contributed by atoms with Crippen molar-refractivity contribution in [1.29, 1.82) is 0 Å². The monoisotopic (exact) mass is 416 g/mol. The minimum Gasteiger partial charge on any atom is -0.480 e. The maximum atomic E-state index is 13.1. The lowest BCUT2D eigenvalue weighted by molar-refractivity contribution is -0.148. The molecule has 0 aromatic heterocycles. The Labute approximate surface area is 170 Å². The van der Waals surface area contributed by atoms with Crippen LogP contribution in [0.25, 0.3) is 0 Å². The van der Waals surface area contributed by atoms with E-state index in [1.54, 1.807) is 30.3 Å². The zero-order valence-electron chi connectivity index (χ0n) is 15.9. The molecule has 8 heteroatoms. The summed E-state index contributed by atoms with van der Waals surface area (Å²) in [5.41, 5.74) is 1.40. The molecule has 2 aromatic carbocycles. The Morgan fingerprint density at radius 2 is 1.62 bits per heavy atom. The van der Waals surface area contributed by atoms with Crippen LogP contribution < -0.4 is 4.72 Å². The minimum absolute atomic E-state index is 0.149. The summed E-state index contributed by atoms with van der Waals surface area (Å²) in [6.07, 6.45) is 1.10. The number of rotatable bonds is 8. The molecule has 0 radical (unpaired) electrons. The first-order chi connectivity index (χ1) is 13.9. The van der Waals surface area contributed by atoms with Crippen molar-refractivity contribution in [3.8, 4) is 0 Å². The van der Waals surface area contributed by atoms with Crippen LogP contribution in [0.15, 0.2) is 60.7 Å². The Morgan fingerprint density at radius 1 is 1.03 bits per heavy atom. The summed E-state index contributed by atoms with van der Waals surface area (Å²) < 4.78 is 28.0. The second-order valence-electron chi connectivity index (χ2n) is 7.13. The van der Waals surface area contributed by atoms with E-state index in [-0.39, 0.29) is 12.2 Å². The predicted octanol–water partition coefficient (Wildman–Crippen LogP) is 1.79. The number of carbonyl (C=O) groups is 2. The second-order valence-corrected chi connectivity index (χ2v) is 8.89. The Kier molecular flexibility index (Phi) is 6.66. The average molecular weight is 416 g/mol. The largest absolute Gasteiger partial charge is 0.480 e. The highest BCUT2D eigenvalue weighted by Crippen LogP contribution is 2.20. The van der Waals surface area contributed by atoms with E-state index in [9.17, 15) is 23.1 Å². The molecule has 1 aliphatic heterocycles. The van der Waals surface area contributed by atoms with Gasteiger partial charge in [-0.2, -0.15) is 0 Å². The first kappa shape index (κ1) is 21.0. The molecular weight excluding hydrogens is 392 g/mol. The summed E-state index contributed by atoms with van der Waals surface area (Å²) in [5.74, 6) is -1.83. The van der Waals surface area contributed by atoms with Gasteiger partial charge in [-0.3, -0.25) is 4.79 Å². The smallest absolute Gasteiger partial charge is 0.326 e. The van der Waals surface area contributed by atoms with Crippen LogP contribution >= 0.6 is 0 Å². The number of nitrogens with zero attached hydrogens (tertiary/aromatic N) is 1. The summed E-state index contributed by atoms with van der Waals surface area (Å²) in [7, 11) is -3.81. The van der Waals surface area contributed by atoms with Gasteiger partial charge in [-0.25, -0.2) is 17.9 Å². The number of hydrogen-bond donors (Lipinski definition) is 2. The van der Waals surface area contributed by atoms with Crippen LogP contribution in [-0.2, 0) is 31.8 Å². The first-order valence-corrected chi connectivity index (χ1v) is 11.1. The fourth-order valence-electron chi connectivity index (χ4n) is 3.57. The Morgan fingerprint density at radius 3 is 2.21 bits per heavy atom. The Balaban J connectivity index is 1.82. The van der Waals surface area contributed by atoms with Crippen LogP contribution in [0.4, 0.5) is 0 Å². The van der Waals surface area contributed by atoms with Gasteiger partial charge < -0.3 is 10.0 Å². The fraction of sp³-hybridized carbons (Fsp3) is 0.333. The minimum atomic E-state index is -3.81. The normalized spacial score (nSPS) is 17.8. The van der Waals surface area contributed by atoms with Gasteiger partial charge in [0.1, 0.15) is 12.1 Å². The van der Waals surface area contributed by atoms with Crippen molar-refractivity contribution in [1.82, 2.24) is 9.62 Å². The van der Waals surface area contributed by atoms with Crippen molar-refractivity contribution in [2.45, 2.75) is 37.1 Å². The number of likely N-dealkylation sites (tertiary alicyclic amines) is 1. The third-order valence-corrected chi connectivity index (χ3v) is 6.28. The van der Waals surface area contributed by atoms with Gasteiger partial charge in [-0.15, -0.1) is 0 Å². The Hall–Kier alpha value is -2.71. The van der Waals surface area contributed by atoms with Crippen LogP contribution in [0.2, 0.25) is 0 Å². The number of aliphatic carboxylic acids is 1. The molecule has 0 saturated carbocycles. The van der Waals surface area contributed by atoms with Crippen molar-refractivity contribution in [3.05, 3.63) is 71.8 Å². The van der Waals surface area contributed by atoms with E-state index in [2.05, 4.69) is 4.72 Å². The average Bonchev–Trinajstić information content (AvgIpc) is 3.18. The van der Waals surface area contributed by atoms with Crippen molar-refractivity contribution in [2.75, 3.05) is 6.54 Å². The van der Waals surface area contributed by atoms with Crippen LogP contribution in [0.1, 0.15) is 24.0 Å². The lowest BCUT2D eigenvalue weighted by atomic mass is 10.1. The molecule has 2 N–H and O–H groups in total. The molecule has 7 nitrogen and oxygen atoms in total. The SMILES string of the molecule is O=C(O)[C@@H]1CCCN1C(=O)[C@@H](Cc1ccccc1)NS(=O)(=O)Cc1ccccc1. The molecule has 2 atom stereocenters. The number of carboxylic acids is 1. The molecule has 154 valence electrons. The molecule has 1 heterocycles. The zero-order chi connectivity index (χ0) is 20.9. The van der Waals surface area contributed by atoms with E-state index >= 15 is 0 Å². The van der Waals surface area contributed by atoms with Crippen LogP contribution in [-0.4, -0.2) is 48.9 Å². The number of sulfonamides is 1. The number of carbonyl (C=O) groups excluding carboxylic acids is 1. The summed E-state index contributed by atoms with van der Waals surface area (Å²) in [6, 6.07) is 15.8. The predicted molar refractivity (Wildman–Crippen MR) is 109 cm³/mol. The van der Waals surface area contributed by atoms with Crippen molar-refractivity contribution in [3.63, 3.8) is 0 Å². The van der Waals surface area contributed by atoms with Crippen molar-refractivity contribution in [2.24, 2.45) is 0 Å². The van der Waals surface area contributed by atoms with Crippen LogP contribution in [0.3, 0.4) is 0 Å². The molecule has 3 rings (SSSR count). The molecule has 0 aliphatic carbocycles. The molecule has 1 aliphatic rings. The first-order valence-electron chi connectivity index (χ1n) is 9.47. The van der Waals surface area contributed by atoms with Gasteiger partial charge in [-0.1, -0.05) is 60.7 Å². The van der Waals surface area contributed by atoms with E-state index in [4.69, 9.17) is 0 Å². The topological polar surface area (TPSA) is 104 Å². The highest BCUT2D eigenvalue weighted by atomic mass is 32.2. The number of benzene rings is 2. The third kappa shape index (κ3) is 5.65. The molecule has 0 spiro atoms. The summed E-state index contributed by atoms with van der Waals surface area (Å²) >= 11 is 0. The van der Waals surface area contributed by atoms with Gasteiger partial charge in [0, 0.05) is 6.54 Å². The summed E-state index contributed by atoms with van der Waals surface area (Å²) in [5, 5.41) is 9.40. The second kappa shape index (κ2) is 9.19. The van der Waals surface area contributed by atoms with Crippen LogP contribution in [0, 0.1) is 0 Å². The number of carboxylic acid groups (broad SMARTS) is 1. The standard InChI is InChI=1S/C21H24N2O5S/c24-20(23-13-7-12-19(23)21(25)26)18(14-16-8-3-1-4-9-16)22-29(27,28)15-17-10-5-2-6-11-17/h1-6,8-11,18-19,22H,7,12-15H2,(H,25,26)/t18-,19+/m1/s1. The molecule has 29 heavy (non-hydrogen) atoms. The molecule has 0 bridgehead atoms. The Bertz CT molecular complexity index is 948. The maximum Gasteiger partial charge on any atom is 0.326 e. The van der Waals surface area contributed by atoms with Gasteiger partial charge >= 0.3 is 5.97 Å². The lowest BCUT2D eigenvalue weighted by Crippen LogP contribution is -2.52. The zero-order valence-corrected chi connectivity index (χ0v) is 16.7. The van der Waals surface area contributed by atoms with Gasteiger partial charge in [0.25, 0.3) is 0 Å². The number of nitrogens with one attached hydrogen (secondary N) is 1. The molecule has 2 aromatic rings. The van der Waals surface area contributed by atoms with Gasteiger partial charge in [0.05, 0.1) is 5.75 Å². The van der Waals surface area contributed by atoms with E-state index in [0.717, 1.165) is 5.56 Å². The quantitative estimate of drug-likeness (QED) is 0.683. The molecule has 1 saturated heterocycles. The van der Waals surface area contributed by atoms with E-state index in [1.807, 2.05) is 30.3 Å². The molecule has 0 unspecified atom stereocenters. The van der Waals surface area contributed by atoms with Crippen molar-refractivity contribution < 1.29 is 23.1 Å².